The Hall–Kier alpha value is 5.88. The van der Waals surface area contributed by atoms with Crippen LogP contribution in [0.15, 0.2) is 0 Å². The van der Waals surface area contributed by atoms with Gasteiger partial charge in [0, 0.05) is 177 Å². The SMILES string of the molecule is O=P(O)(O)OCN(CCN(COP(=O)(O)O)COP(=O)(O)O)COP(=O)(O)O.[Ca].[Ca].[Na].[Na].[Na]. The van der Waals surface area contributed by atoms with Crippen LogP contribution in [0.25, 0.3) is 0 Å². The predicted molar refractivity (Wildman–Crippen MR) is 114 cm³/mol. The molecular weight excluding hydrogens is 629 g/mol. The third-order valence-electron chi connectivity index (χ3n) is 2.37. The van der Waals surface area contributed by atoms with E-state index in [0.717, 1.165) is 9.80 Å². The molecule has 0 atom stereocenters. The van der Waals surface area contributed by atoms with Crippen LogP contribution >= 0.6 is 31.3 Å². The average molecular weight is 649 g/mol. The van der Waals surface area contributed by atoms with E-state index in [4.69, 9.17) is 39.1 Å². The third kappa shape index (κ3) is 40.1. The molecule has 0 amide bonds. The van der Waals surface area contributed by atoms with Crippen molar-refractivity contribution in [1.29, 1.82) is 0 Å². The maximum atomic E-state index is 10.7. The summed E-state index contributed by atoms with van der Waals surface area (Å²) in [7, 11) is -19.8. The molecule has 0 aliphatic rings. The van der Waals surface area contributed by atoms with E-state index in [0.29, 0.717) is 0 Å². The van der Waals surface area contributed by atoms with Gasteiger partial charge in [0.2, 0.25) is 0 Å². The summed E-state index contributed by atoms with van der Waals surface area (Å²) in [6.07, 6.45) is 0. The van der Waals surface area contributed by atoms with Crippen molar-refractivity contribution < 1.29 is 75.5 Å². The van der Waals surface area contributed by atoms with E-state index in [1.165, 1.54) is 0 Å². The molecule has 0 aromatic carbocycles. The second-order valence-corrected chi connectivity index (χ2v) is 9.74. The van der Waals surface area contributed by atoms with Gasteiger partial charge in [0.25, 0.3) is 0 Å². The number of nitrogens with zero attached hydrogens (tertiary/aromatic N) is 2. The largest absolute Gasteiger partial charge is 0.470 e. The fourth-order valence-electron chi connectivity index (χ4n) is 1.24. The first kappa shape index (κ1) is 51.6. The van der Waals surface area contributed by atoms with Crippen molar-refractivity contribution in [3.8, 4) is 0 Å². The van der Waals surface area contributed by atoms with E-state index in [9.17, 15) is 18.3 Å². The first-order chi connectivity index (χ1) is 12.4. The van der Waals surface area contributed by atoms with Crippen molar-refractivity contribution in [2.75, 3.05) is 40.0 Å². The molecule has 0 bridgehead atoms. The van der Waals surface area contributed by atoms with Crippen LogP contribution in [0.3, 0.4) is 0 Å². The van der Waals surface area contributed by atoms with Crippen LogP contribution in [0.1, 0.15) is 0 Å². The number of hydrogen-bond donors (Lipinski definition) is 8. The van der Waals surface area contributed by atoms with Gasteiger partial charge < -0.3 is 39.1 Å². The van der Waals surface area contributed by atoms with Crippen LogP contribution in [-0.4, -0.2) is 253 Å². The van der Waals surface area contributed by atoms with Gasteiger partial charge in [0.1, 0.15) is 26.9 Å². The Balaban J connectivity index is -0.000000364. The molecule has 8 N–H and O–H groups in total. The van der Waals surface area contributed by atoms with Crippen LogP contribution < -0.4 is 0 Å². The quantitative estimate of drug-likeness (QED) is 0.0476. The maximum absolute atomic E-state index is 10.7. The summed E-state index contributed by atoms with van der Waals surface area (Å²) in [6, 6.07) is 0. The van der Waals surface area contributed by atoms with Gasteiger partial charge in [-0.05, 0) is 0 Å². The molecule has 0 unspecified atom stereocenters. The molecule has 18 nitrogen and oxygen atoms in total. The second kappa shape index (κ2) is 24.5. The minimum Gasteiger partial charge on any atom is -0.303 e. The van der Waals surface area contributed by atoms with E-state index in [1.807, 2.05) is 0 Å². The zero-order chi connectivity index (χ0) is 22.2. The van der Waals surface area contributed by atoms with Gasteiger partial charge in [-0.25, -0.2) is 18.3 Å². The minimum absolute atomic E-state index is 0. The maximum Gasteiger partial charge on any atom is 0.470 e. The van der Waals surface area contributed by atoms with Gasteiger partial charge in [-0.2, -0.15) is 0 Å². The van der Waals surface area contributed by atoms with Crippen molar-refractivity contribution in [3.63, 3.8) is 0 Å². The van der Waals surface area contributed by atoms with Gasteiger partial charge in [-0.15, -0.1) is 0 Å². The van der Waals surface area contributed by atoms with Crippen LogP contribution in [0.4, 0.5) is 0 Å². The average Bonchev–Trinajstić information content (AvgIpc) is 2.44. The van der Waals surface area contributed by atoms with Gasteiger partial charge in [-0.3, -0.25) is 27.9 Å². The first-order valence-electron chi connectivity index (χ1n) is 6.61. The van der Waals surface area contributed by atoms with E-state index in [2.05, 4.69) is 18.1 Å². The van der Waals surface area contributed by atoms with Crippen molar-refractivity contribution in [2.45, 2.75) is 0 Å². The van der Waals surface area contributed by atoms with Crippen molar-refractivity contribution in [2.24, 2.45) is 0 Å². The smallest absolute Gasteiger partial charge is 0.303 e. The summed E-state index contributed by atoms with van der Waals surface area (Å²) in [5, 5.41) is 0. The number of hydrogen-bond acceptors (Lipinski definition) is 10. The number of rotatable bonds is 15. The number of phosphoric ester groups is 4. The standard InChI is InChI=1S/C6H20N2O16P4.2Ca.3Na/c9-25(10,11)21-3-7(4-22-26(12,13)14)1-2-8(5-23-27(15,16)17)6-24-28(18,19)20;;;;;/h1-6H2,(H2,9,10,11)(H2,12,13,14)(H2,15,16,17)(H2,18,19,20);;;;;. The molecule has 0 saturated carbocycles. The topological polar surface area (TPSA) is 274 Å². The normalized spacial score (nSPS) is 12.1. The molecule has 0 aromatic heterocycles. The summed E-state index contributed by atoms with van der Waals surface area (Å²) >= 11 is 0. The minimum atomic E-state index is -4.96. The molecule has 33 heavy (non-hydrogen) atoms. The predicted octanol–water partition coefficient (Wildman–Crippen LogP) is -4.05. The Morgan fingerprint density at radius 3 is 0.727 bits per heavy atom. The Kier molecular flexibility index (Phi) is 38.3. The van der Waals surface area contributed by atoms with Crippen LogP contribution in [0.2, 0.25) is 0 Å². The molecule has 7 radical (unpaired) electrons. The van der Waals surface area contributed by atoms with Crippen LogP contribution in [0.5, 0.6) is 0 Å². The molecule has 0 saturated heterocycles. The molecule has 0 fully saturated rings. The fraction of sp³-hybridized carbons (Fsp3) is 1.00. The zero-order valence-electron chi connectivity index (χ0n) is 18.2. The van der Waals surface area contributed by atoms with Gasteiger partial charge in [0.05, 0.1) is 0 Å². The summed E-state index contributed by atoms with van der Waals surface area (Å²) in [6.45, 7) is -4.36. The summed E-state index contributed by atoms with van der Waals surface area (Å²) < 4.78 is 59.5. The molecule has 0 aliphatic carbocycles. The third-order valence-corrected chi connectivity index (χ3v) is 4.17. The van der Waals surface area contributed by atoms with Crippen LogP contribution in [-0.2, 0) is 36.4 Å². The Morgan fingerprint density at radius 2 is 0.606 bits per heavy atom. The number of phosphoric acid groups is 4. The Bertz CT molecular complexity index is 565. The van der Waals surface area contributed by atoms with Gasteiger partial charge >= 0.3 is 31.3 Å². The Labute approximate surface area is 315 Å². The second-order valence-electron chi connectivity index (χ2n) is 4.78. The Morgan fingerprint density at radius 1 is 0.455 bits per heavy atom. The molecule has 0 spiro atoms. The zero-order valence-corrected chi connectivity index (χ0v) is 32.2. The molecule has 27 heteroatoms. The van der Waals surface area contributed by atoms with Crippen LogP contribution in [0, 0.1) is 0 Å². The summed E-state index contributed by atoms with van der Waals surface area (Å²) in [4.78, 5) is 70.9. The van der Waals surface area contributed by atoms with Gasteiger partial charge in [-0.1, -0.05) is 0 Å². The monoisotopic (exact) mass is 649 g/mol. The summed E-state index contributed by atoms with van der Waals surface area (Å²) in [5.74, 6) is 0. The van der Waals surface area contributed by atoms with E-state index in [1.54, 1.807) is 0 Å². The molecular formula is C6H20Ca2N2Na3O16P4. The molecule has 0 aliphatic heterocycles. The van der Waals surface area contributed by atoms with Crippen molar-refractivity contribution >= 4 is 195 Å². The van der Waals surface area contributed by atoms with Gasteiger partial charge in [0.15, 0.2) is 0 Å². The first-order valence-corrected chi connectivity index (χ1v) is 12.7. The van der Waals surface area contributed by atoms with E-state index < -0.39 is 71.3 Å². The van der Waals surface area contributed by atoms with Crippen molar-refractivity contribution in [3.05, 3.63) is 0 Å². The molecule has 0 rings (SSSR count). The summed E-state index contributed by atoms with van der Waals surface area (Å²) in [5.41, 5.74) is 0. The van der Waals surface area contributed by atoms with E-state index in [-0.39, 0.29) is 164 Å². The molecule has 0 aromatic rings. The molecule has 0 heterocycles. The molecule has 177 valence electrons. The fourth-order valence-corrected chi connectivity index (χ4v) is 2.50. The van der Waals surface area contributed by atoms with E-state index >= 15 is 0 Å². The van der Waals surface area contributed by atoms with Crippen molar-refractivity contribution in [1.82, 2.24) is 9.80 Å².